The topological polar surface area (TPSA) is 28.4 Å². The largest absolute Gasteiger partial charge is 0.463 e. The van der Waals surface area contributed by atoms with Gasteiger partial charge in [0.1, 0.15) is 11.5 Å². The first-order valence-corrected chi connectivity index (χ1v) is 7.49. The van der Waals surface area contributed by atoms with Gasteiger partial charge in [-0.1, -0.05) is 13.8 Å². The average Bonchev–Trinajstić information content (AvgIpc) is 3.11. The van der Waals surface area contributed by atoms with Crippen LogP contribution in [0.3, 0.4) is 0 Å². The van der Waals surface area contributed by atoms with Crippen LogP contribution < -0.4 is 5.32 Å². The Morgan fingerprint density at radius 3 is 2.63 bits per heavy atom. The minimum atomic E-state index is 0.491. The fraction of sp³-hybridized carbons (Fsp3) is 0.750. The van der Waals surface area contributed by atoms with E-state index in [1.165, 1.54) is 18.4 Å². The molecule has 1 atom stereocenters. The third-order valence-electron chi connectivity index (χ3n) is 4.15. The molecule has 1 N–H and O–H groups in total. The van der Waals surface area contributed by atoms with Crippen LogP contribution >= 0.6 is 0 Å². The summed E-state index contributed by atoms with van der Waals surface area (Å²) in [5.41, 5.74) is 1.26. The molecule has 0 amide bonds. The van der Waals surface area contributed by atoms with Gasteiger partial charge in [-0.05, 0) is 51.3 Å². The molecule has 1 aliphatic rings. The maximum atomic E-state index is 5.98. The van der Waals surface area contributed by atoms with Gasteiger partial charge in [0.25, 0.3) is 0 Å². The van der Waals surface area contributed by atoms with Crippen LogP contribution in [0.25, 0.3) is 0 Å². The summed E-state index contributed by atoms with van der Waals surface area (Å²) in [6.45, 7) is 10.5. The number of nitrogens with one attached hydrogen (secondary N) is 1. The van der Waals surface area contributed by atoms with Crippen molar-refractivity contribution in [3.05, 3.63) is 23.2 Å². The monoisotopic (exact) mass is 264 g/mol. The number of furan rings is 1. The van der Waals surface area contributed by atoms with Gasteiger partial charge in [-0.15, -0.1) is 0 Å². The lowest BCUT2D eigenvalue weighted by molar-refractivity contribution is 0.208. The molecular weight excluding hydrogens is 236 g/mol. The summed E-state index contributed by atoms with van der Waals surface area (Å²) in [5, 5.41) is 3.41. The molecule has 0 aromatic carbocycles. The quantitative estimate of drug-likeness (QED) is 0.819. The number of nitrogens with zero attached hydrogens (tertiary/aromatic N) is 1. The van der Waals surface area contributed by atoms with Gasteiger partial charge in [0, 0.05) is 12.1 Å². The molecule has 1 fully saturated rings. The van der Waals surface area contributed by atoms with Gasteiger partial charge in [-0.25, -0.2) is 0 Å². The number of hydrogen-bond acceptors (Lipinski definition) is 3. The average molecular weight is 264 g/mol. The third kappa shape index (κ3) is 4.08. The van der Waals surface area contributed by atoms with Gasteiger partial charge in [-0.3, -0.25) is 4.90 Å². The maximum absolute atomic E-state index is 5.98. The first kappa shape index (κ1) is 14.6. The highest BCUT2D eigenvalue weighted by Gasteiger charge is 2.30. The van der Waals surface area contributed by atoms with E-state index in [4.69, 9.17) is 4.42 Å². The van der Waals surface area contributed by atoms with E-state index in [0.29, 0.717) is 12.1 Å². The van der Waals surface area contributed by atoms with Crippen LogP contribution in [0.2, 0.25) is 0 Å². The van der Waals surface area contributed by atoms with Gasteiger partial charge in [0.05, 0.1) is 13.1 Å². The zero-order valence-corrected chi connectivity index (χ0v) is 13.0. The highest BCUT2D eigenvalue weighted by atomic mass is 16.3. The van der Waals surface area contributed by atoms with Crippen molar-refractivity contribution in [2.24, 2.45) is 5.92 Å². The van der Waals surface area contributed by atoms with Crippen LogP contribution in [0.4, 0.5) is 0 Å². The van der Waals surface area contributed by atoms with E-state index in [1.807, 2.05) is 0 Å². The summed E-state index contributed by atoms with van der Waals surface area (Å²) < 4.78 is 5.98. The van der Waals surface area contributed by atoms with Gasteiger partial charge in [0.2, 0.25) is 0 Å². The van der Waals surface area contributed by atoms with E-state index in [1.54, 1.807) is 0 Å². The third-order valence-corrected chi connectivity index (χ3v) is 4.15. The molecule has 3 heteroatoms. The maximum Gasteiger partial charge on any atom is 0.120 e. The summed E-state index contributed by atoms with van der Waals surface area (Å²) in [5.74, 6) is 3.08. The van der Waals surface area contributed by atoms with Crippen LogP contribution in [0.1, 0.15) is 50.7 Å². The standard InChI is InChI=1S/C16H28N2O/c1-11(2)17-9-16-12(3)8-15(19-16)10-18(5)13(4)14-6-7-14/h8,11,13-14,17H,6-7,9-10H2,1-5H3. The van der Waals surface area contributed by atoms with E-state index in [9.17, 15) is 0 Å². The molecule has 1 saturated carbocycles. The highest BCUT2D eigenvalue weighted by Crippen LogP contribution is 2.35. The van der Waals surface area contributed by atoms with Crippen LogP contribution in [-0.4, -0.2) is 24.0 Å². The molecule has 19 heavy (non-hydrogen) atoms. The molecule has 1 heterocycles. The number of aryl methyl sites for hydroxylation is 1. The first-order chi connectivity index (χ1) is 8.97. The van der Waals surface area contributed by atoms with E-state index in [-0.39, 0.29) is 0 Å². The van der Waals surface area contributed by atoms with Crippen molar-refractivity contribution in [3.63, 3.8) is 0 Å². The molecule has 0 saturated heterocycles. The van der Waals surface area contributed by atoms with Crippen LogP contribution in [0, 0.1) is 12.8 Å². The molecule has 1 aliphatic carbocycles. The van der Waals surface area contributed by atoms with Crippen molar-refractivity contribution in [2.45, 2.75) is 65.7 Å². The lowest BCUT2D eigenvalue weighted by atomic mass is 10.2. The summed E-state index contributed by atoms with van der Waals surface area (Å²) in [7, 11) is 2.20. The Morgan fingerprint density at radius 1 is 1.37 bits per heavy atom. The van der Waals surface area contributed by atoms with Crippen LogP contribution in [0.15, 0.2) is 10.5 Å². The molecule has 0 bridgehead atoms. The Morgan fingerprint density at radius 2 is 2.05 bits per heavy atom. The van der Waals surface area contributed by atoms with Crippen molar-refractivity contribution >= 4 is 0 Å². The minimum Gasteiger partial charge on any atom is -0.463 e. The Kier molecular flexibility index (Phi) is 4.69. The normalized spacial score (nSPS) is 17.4. The molecule has 0 spiro atoms. The van der Waals surface area contributed by atoms with Gasteiger partial charge < -0.3 is 9.73 Å². The summed E-state index contributed by atoms with van der Waals surface area (Å²) >= 11 is 0. The van der Waals surface area contributed by atoms with Gasteiger partial charge in [-0.2, -0.15) is 0 Å². The van der Waals surface area contributed by atoms with E-state index >= 15 is 0 Å². The fourth-order valence-corrected chi connectivity index (χ4v) is 2.47. The minimum absolute atomic E-state index is 0.491. The molecule has 108 valence electrons. The molecule has 0 radical (unpaired) electrons. The van der Waals surface area contributed by atoms with Gasteiger partial charge in [0.15, 0.2) is 0 Å². The SMILES string of the molecule is Cc1cc(CN(C)C(C)C2CC2)oc1CNC(C)C. The number of hydrogen-bond donors (Lipinski definition) is 1. The summed E-state index contributed by atoms with van der Waals surface area (Å²) in [4.78, 5) is 2.41. The lowest BCUT2D eigenvalue weighted by Gasteiger charge is -2.23. The second-order valence-electron chi connectivity index (χ2n) is 6.35. The smallest absolute Gasteiger partial charge is 0.120 e. The molecule has 1 unspecified atom stereocenters. The Bertz CT molecular complexity index is 407. The zero-order valence-electron chi connectivity index (χ0n) is 13.0. The van der Waals surface area contributed by atoms with E-state index in [0.717, 1.165) is 30.5 Å². The van der Waals surface area contributed by atoms with Gasteiger partial charge >= 0.3 is 0 Å². The first-order valence-electron chi connectivity index (χ1n) is 7.49. The molecule has 1 aromatic rings. The van der Waals surface area contributed by atoms with Crippen molar-refractivity contribution in [1.82, 2.24) is 10.2 Å². The Labute approximate surface area is 117 Å². The van der Waals surface area contributed by atoms with E-state index < -0.39 is 0 Å². The molecule has 2 rings (SSSR count). The fourth-order valence-electron chi connectivity index (χ4n) is 2.47. The van der Waals surface area contributed by atoms with Crippen molar-refractivity contribution in [3.8, 4) is 0 Å². The Balaban J connectivity index is 1.91. The highest BCUT2D eigenvalue weighted by molar-refractivity contribution is 5.20. The Hall–Kier alpha value is -0.800. The predicted molar refractivity (Wildman–Crippen MR) is 79.1 cm³/mol. The predicted octanol–water partition coefficient (Wildman–Crippen LogP) is 3.32. The lowest BCUT2D eigenvalue weighted by Crippen LogP contribution is -2.30. The number of rotatable bonds is 7. The summed E-state index contributed by atoms with van der Waals surface area (Å²) in [6, 6.07) is 3.35. The summed E-state index contributed by atoms with van der Waals surface area (Å²) in [6.07, 6.45) is 2.79. The zero-order chi connectivity index (χ0) is 14.0. The van der Waals surface area contributed by atoms with Crippen LogP contribution in [0.5, 0.6) is 0 Å². The molecular formula is C16H28N2O. The van der Waals surface area contributed by atoms with Crippen molar-refractivity contribution in [2.75, 3.05) is 7.05 Å². The molecule has 3 nitrogen and oxygen atoms in total. The van der Waals surface area contributed by atoms with Crippen LogP contribution in [-0.2, 0) is 13.1 Å². The second kappa shape index (κ2) is 6.10. The van der Waals surface area contributed by atoms with E-state index in [2.05, 4.69) is 51.0 Å². The van der Waals surface area contributed by atoms with Crippen molar-refractivity contribution in [1.29, 1.82) is 0 Å². The van der Waals surface area contributed by atoms with Crippen molar-refractivity contribution < 1.29 is 4.42 Å². The molecule has 0 aliphatic heterocycles. The second-order valence-corrected chi connectivity index (χ2v) is 6.35. The molecule has 1 aromatic heterocycles.